The Hall–Kier alpha value is -2.15. The number of anilines is 1. The van der Waals surface area contributed by atoms with Crippen molar-refractivity contribution in [2.75, 3.05) is 18.9 Å². The molecule has 0 radical (unpaired) electrons. The van der Waals surface area contributed by atoms with Crippen LogP contribution in [0.3, 0.4) is 0 Å². The number of ether oxygens (including phenoxy) is 2. The highest BCUT2D eigenvalue weighted by Crippen LogP contribution is 2.20. The van der Waals surface area contributed by atoms with E-state index in [1.165, 1.54) is 12.1 Å². The normalized spacial score (nSPS) is 11.9. The molecular formula is C12H16N2O5. The number of nitrogens with two attached hydrogens (primary N) is 1. The molecule has 0 bridgehead atoms. The number of nitrogens with zero attached hydrogens (tertiary/aromatic N) is 1. The third kappa shape index (κ3) is 4.22. The molecule has 0 saturated heterocycles. The molecule has 0 aliphatic heterocycles. The number of non-ortho nitro benzene ring substituents is 1. The lowest BCUT2D eigenvalue weighted by Crippen LogP contribution is -2.21. The minimum atomic E-state index is -0.625. The number of hydrogen-bond donors (Lipinski definition) is 1. The summed E-state index contributed by atoms with van der Waals surface area (Å²) in [5, 5.41) is 10.5. The fourth-order valence-electron chi connectivity index (χ4n) is 1.41. The highest BCUT2D eigenvalue weighted by atomic mass is 16.6. The van der Waals surface area contributed by atoms with Crippen molar-refractivity contribution in [1.82, 2.24) is 0 Å². The van der Waals surface area contributed by atoms with Crippen LogP contribution in [0.15, 0.2) is 18.2 Å². The molecule has 7 nitrogen and oxygen atoms in total. The van der Waals surface area contributed by atoms with Crippen LogP contribution in [0.1, 0.15) is 24.2 Å². The van der Waals surface area contributed by atoms with Crippen LogP contribution >= 0.6 is 0 Å². The Morgan fingerprint density at radius 1 is 1.53 bits per heavy atom. The molecule has 1 rings (SSSR count). The lowest BCUT2D eigenvalue weighted by molar-refractivity contribution is -0.384. The summed E-state index contributed by atoms with van der Waals surface area (Å²) in [5.41, 5.74) is 5.55. The lowest BCUT2D eigenvalue weighted by Gasteiger charge is -2.13. The van der Waals surface area contributed by atoms with Crippen molar-refractivity contribution in [3.05, 3.63) is 33.9 Å². The molecule has 1 aromatic rings. The molecule has 0 heterocycles. The summed E-state index contributed by atoms with van der Waals surface area (Å²) < 4.78 is 10.2. The van der Waals surface area contributed by atoms with Crippen LogP contribution in [0, 0.1) is 10.1 Å². The van der Waals surface area contributed by atoms with Gasteiger partial charge in [-0.15, -0.1) is 0 Å². The van der Waals surface area contributed by atoms with Crippen LogP contribution in [-0.4, -0.2) is 30.2 Å². The SMILES string of the molecule is CCOCC(C)OC(=O)c1ccc([N+](=O)[O-])cc1N. The minimum Gasteiger partial charge on any atom is -0.457 e. The fraction of sp³-hybridized carbons (Fsp3) is 0.417. The maximum Gasteiger partial charge on any atom is 0.340 e. The van der Waals surface area contributed by atoms with Crippen LogP contribution in [0.5, 0.6) is 0 Å². The zero-order valence-electron chi connectivity index (χ0n) is 10.8. The van der Waals surface area contributed by atoms with Gasteiger partial charge < -0.3 is 15.2 Å². The number of carbonyl (C=O) groups excluding carboxylic acids is 1. The maximum absolute atomic E-state index is 11.8. The second kappa shape index (κ2) is 6.69. The van der Waals surface area contributed by atoms with Crippen LogP contribution in [0.25, 0.3) is 0 Å². The first kappa shape index (κ1) is 14.9. The first-order valence-corrected chi connectivity index (χ1v) is 5.78. The van der Waals surface area contributed by atoms with Gasteiger partial charge in [0, 0.05) is 18.7 Å². The molecule has 0 saturated carbocycles. The number of hydrogen-bond acceptors (Lipinski definition) is 6. The van der Waals surface area contributed by atoms with E-state index in [-0.39, 0.29) is 23.5 Å². The second-order valence-electron chi connectivity index (χ2n) is 3.90. The van der Waals surface area contributed by atoms with Gasteiger partial charge in [-0.05, 0) is 19.9 Å². The van der Waals surface area contributed by atoms with Gasteiger partial charge in [-0.1, -0.05) is 0 Å². The van der Waals surface area contributed by atoms with Gasteiger partial charge in [0.15, 0.2) is 0 Å². The van der Waals surface area contributed by atoms with Gasteiger partial charge in [-0.2, -0.15) is 0 Å². The van der Waals surface area contributed by atoms with E-state index in [9.17, 15) is 14.9 Å². The van der Waals surface area contributed by atoms with Gasteiger partial charge in [0.25, 0.3) is 5.69 Å². The number of esters is 1. The summed E-state index contributed by atoms with van der Waals surface area (Å²) in [4.78, 5) is 21.8. The van der Waals surface area contributed by atoms with Crippen molar-refractivity contribution in [1.29, 1.82) is 0 Å². The molecule has 0 aliphatic rings. The second-order valence-corrected chi connectivity index (χ2v) is 3.90. The Labute approximate surface area is 110 Å². The molecule has 104 valence electrons. The van der Waals surface area contributed by atoms with Crippen LogP contribution in [0.4, 0.5) is 11.4 Å². The van der Waals surface area contributed by atoms with Gasteiger partial charge in [0.05, 0.1) is 22.8 Å². The minimum absolute atomic E-state index is 0.0165. The number of nitro benzene ring substituents is 1. The van der Waals surface area contributed by atoms with E-state index in [1.807, 2.05) is 6.92 Å². The number of nitro groups is 1. The topological polar surface area (TPSA) is 105 Å². The number of rotatable bonds is 6. The molecule has 0 spiro atoms. The Morgan fingerprint density at radius 3 is 2.74 bits per heavy atom. The van der Waals surface area contributed by atoms with Gasteiger partial charge in [0.2, 0.25) is 0 Å². The van der Waals surface area contributed by atoms with Crippen LogP contribution < -0.4 is 5.73 Å². The molecule has 1 unspecified atom stereocenters. The maximum atomic E-state index is 11.8. The van der Waals surface area contributed by atoms with Gasteiger partial charge in [-0.3, -0.25) is 10.1 Å². The summed E-state index contributed by atoms with van der Waals surface area (Å²) in [6.07, 6.45) is -0.415. The van der Waals surface area contributed by atoms with Crippen molar-refractivity contribution < 1.29 is 19.2 Å². The molecule has 2 N–H and O–H groups in total. The zero-order valence-corrected chi connectivity index (χ0v) is 10.8. The Morgan fingerprint density at radius 2 is 2.21 bits per heavy atom. The largest absolute Gasteiger partial charge is 0.457 e. The van der Waals surface area contributed by atoms with E-state index in [0.29, 0.717) is 6.61 Å². The number of carbonyl (C=O) groups is 1. The van der Waals surface area contributed by atoms with E-state index in [0.717, 1.165) is 6.07 Å². The predicted octanol–water partition coefficient (Wildman–Crippen LogP) is 1.76. The molecule has 1 atom stereocenters. The summed E-state index contributed by atoms with van der Waals surface area (Å²) >= 11 is 0. The molecular weight excluding hydrogens is 252 g/mol. The Balaban J connectivity index is 2.74. The quantitative estimate of drug-likeness (QED) is 0.365. The first-order chi connectivity index (χ1) is 8.95. The third-order valence-electron chi connectivity index (χ3n) is 2.33. The first-order valence-electron chi connectivity index (χ1n) is 5.78. The Kier molecular flexibility index (Phi) is 5.25. The van der Waals surface area contributed by atoms with E-state index in [4.69, 9.17) is 15.2 Å². The average Bonchev–Trinajstić information content (AvgIpc) is 2.35. The number of benzene rings is 1. The van der Waals surface area contributed by atoms with E-state index < -0.39 is 17.0 Å². The summed E-state index contributed by atoms with van der Waals surface area (Å²) in [5.74, 6) is -0.625. The monoisotopic (exact) mass is 268 g/mol. The van der Waals surface area contributed by atoms with Gasteiger partial charge in [0.1, 0.15) is 6.10 Å². The van der Waals surface area contributed by atoms with Crippen molar-refractivity contribution in [3.8, 4) is 0 Å². The van der Waals surface area contributed by atoms with E-state index >= 15 is 0 Å². The fourth-order valence-corrected chi connectivity index (χ4v) is 1.41. The summed E-state index contributed by atoms with van der Waals surface area (Å²) in [7, 11) is 0. The molecule has 0 aliphatic carbocycles. The van der Waals surface area contributed by atoms with Crippen LogP contribution in [-0.2, 0) is 9.47 Å². The lowest BCUT2D eigenvalue weighted by atomic mass is 10.1. The highest BCUT2D eigenvalue weighted by Gasteiger charge is 2.17. The van der Waals surface area contributed by atoms with Crippen molar-refractivity contribution in [2.45, 2.75) is 20.0 Å². The predicted molar refractivity (Wildman–Crippen MR) is 68.9 cm³/mol. The standard InChI is InChI=1S/C12H16N2O5/c1-3-18-7-8(2)19-12(15)10-5-4-9(14(16)17)6-11(10)13/h4-6,8H,3,7,13H2,1-2H3. The molecule has 7 heteroatoms. The molecule has 19 heavy (non-hydrogen) atoms. The molecule has 0 fully saturated rings. The van der Waals surface area contributed by atoms with Crippen LogP contribution in [0.2, 0.25) is 0 Å². The van der Waals surface area contributed by atoms with Crippen molar-refractivity contribution in [3.63, 3.8) is 0 Å². The third-order valence-corrected chi connectivity index (χ3v) is 2.33. The molecule has 0 amide bonds. The summed E-state index contributed by atoms with van der Waals surface area (Å²) in [6.45, 7) is 4.34. The summed E-state index contributed by atoms with van der Waals surface area (Å²) in [6, 6.07) is 3.62. The van der Waals surface area contributed by atoms with E-state index in [1.54, 1.807) is 6.92 Å². The molecule has 0 aromatic heterocycles. The van der Waals surface area contributed by atoms with Gasteiger partial charge in [-0.25, -0.2) is 4.79 Å². The smallest absolute Gasteiger partial charge is 0.340 e. The average molecular weight is 268 g/mol. The molecule has 1 aromatic carbocycles. The zero-order chi connectivity index (χ0) is 14.4. The van der Waals surface area contributed by atoms with Crippen molar-refractivity contribution >= 4 is 17.3 Å². The van der Waals surface area contributed by atoms with Crippen molar-refractivity contribution in [2.24, 2.45) is 0 Å². The Bertz CT molecular complexity index is 475. The van der Waals surface area contributed by atoms with E-state index in [2.05, 4.69) is 0 Å². The highest BCUT2D eigenvalue weighted by molar-refractivity contribution is 5.95. The number of nitrogen functional groups attached to an aromatic ring is 1. The van der Waals surface area contributed by atoms with Gasteiger partial charge >= 0.3 is 5.97 Å².